The molecule has 0 radical (unpaired) electrons. The van der Waals surface area contributed by atoms with Gasteiger partial charge in [0.05, 0.1) is 19.2 Å². The third kappa shape index (κ3) is 4.23. The lowest BCUT2D eigenvalue weighted by Gasteiger charge is -2.34. The number of piperidine rings is 1. The Morgan fingerprint density at radius 1 is 1.23 bits per heavy atom. The number of nitrogens with zero attached hydrogens (tertiary/aromatic N) is 2. The van der Waals surface area contributed by atoms with Crippen molar-refractivity contribution < 1.29 is 19.7 Å². The van der Waals surface area contributed by atoms with Crippen LogP contribution in [0, 0.1) is 0 Å². The van der Waals surface area contributed by atoms with E-state index in [1.165, 1.54) is 11.0 Å². The maximum atomic E-state index is 12.3. The average Bonchev–Trinajstić information content (AvgIpc) is 2.64. The van der Waals surface area contributed by atoms with E-state index in [1.54, 1.807) is 10.8 Å². The molecule has 0 aliphatic carbocycles. The summed E-state index contributed by atoms with van der Waals surface area (Å²) in [7, 11) is 0. The fourth-order valence-electron chi connectivity index (χ4n) is 3.21. The Bertz CT molecular complexity index is 805. The molecule has 2 aromatic rings. The van der Waals surface area contributed by atoms with Gasteiger partial charge < -0.3 is 24.4 Å². The normalized spacial score (nSPS) is 20.0. The number of benzene rings is 1. The number of aromatic nitrogens is 1. The largest absolute Gasteiger partial charge is 0.492 e. The summed E-state index contributed by atoms with van der Waals surface area (Å²) in [6, 6.07) is 12.7. The summed E-state index contributed by atoms with van der Waals surface area (Å²) >= 11 is 0. The van der Waals surface area contributed by atoms with Crippen molar-refractivity contribution in [2.75, 3.05) is 19.7 Å². The summed E-state index contributed by atoms with van der Waals surface area (Å²) in [5, 5.41) is 19.2. The second-order valence-electron chi connectivity index (χ2n) is 6.34. The first kappa shape index (κ1) is 18.0. The van der Waals surface area contributed by atoms with Crippen LogP contribution >= 0.6 is 0 Å². The van der Waals surface area contributed by atoms with Gasteiger partial charge in [-0.3, -0.25) is 4.79 Å². The minimum Gasteiger partial charge on any atom is -0.492 e. The molecule has 0 spiro atoms. The van der Waals surface area contributed by atoms with Gasteiger partial charge in [-0.15, -0.1) is 0 Å². The Balaban J connectivity index is 1.61. The number of hydrogen-bond acceptors (Lipinski definition) is 4. The molecule has 1 aliphatic heterocycles. The van der Waals surface area contributed by atoms with Gasteiger partial charge in [0, 0.05) is 24.7 Å². The quantitative estimate of drug-likeness (QED) is 0.850. The zero-order chi connectivity index (χ0) is 18.5. The highest BCUT2D eigenvalue weighted by atomic mass is 16.5. The van der Waals surface area contributed by atoms with E-state index in [1.807, 2.05) is 36.4 Å². The predicted octanol–water partition coefficient (Wildman–Crippen LogP) is 1.76. The van der Waals surface area contributed by atoms with Crippen molar-refractivity contribution in [1.82, 2.24) is 9.47 Å². The van der Waals surface area contributed by atoms with Crippen molar-refractivity contribution in [3.8, 4) is 5.75 Å². The number of aliphatic hydroxyl groups is 1. The third-order valence-corrected chi connectivity index (χ3v) is 4.64. The van der Waals surface area contributed by atoms with Gasteiger partial charge in [0.15, 0.2) is 0 Å². The van der Waals surface area contributed by atoms with Gasteiger partial charge in [-0.2, -0.15) is 0 Å². The number of amides is 1. The highest BCUT2D eigenvalue weighted by Gasteiger charge is 2.31. The van der Waals surface area contributed by atoms with Gasteiger partial charge in [0.25, 0.3) is 5.56 Å². The Morgan fingerprint density at radius 3 is 2.65 bits per heavy atom. The van der Waals surface area contributed by atoms with E-state index in [2.05, 4.69) is 0 Å². The molecule has 2 heterocycles. The summed E-state index contributed by atoms with van der Waals surface area (Å²) in [5.41, 5.74) is 0.583. The molecule has 1 aromatic heterocycles. The molecule has 26 heavy (non-hydrogen) atoms. The van der Waals surface area contributed by atoms with Crippen molar-refractivity contribution >= 4 is 6.09 Å². The summed E-state index contributed by atoms with van der Waals surface area (Å²) in [6.07, 6.45) is 0.351. The van der Waals surface area contributed by atoms with Gasteiger partial charge in [-0.05, 0) is 30.2 Å². The molecule has 1 amide bonds. The lowest BCUT2D eigenvalue weighted by atomic mass is 9.88. The van der Waals surface area contributed by atoms with Crippen molar-refractivity contribution in [2.45, 2.75) is 25.0 Å². The molecule has 1 aliphatic rings. The van der Waals surface area contributed by atoms with Crippen LogP contribution in [0.3, 0.4) is 0 Å². The second kappa shape index (κ2) is 8.05. The van der Waals surface area contributed by atoms with Gasteiger partial charge >= 0.3 is 6.09 Å². The van der Waals surface area contributed by atoms with Gasteiger partial charge in [0.1, 0.15) is 12.4 Å². The molecular formula is C19H22N2O5. The second-order valence-corrected chi connectivity index (χ2v) is 6.34. The molecular weight excluding hydrogens is 336 g/mol. The zero-order valence-electron chi connectivity index (χ0n) is 14.3. The monoisotopic (exact) mass is 358 g/mol. The minimum atomic E-state index is -1.03. The number of carboxylic acid groups (broad SMARTS) is 1. The lowest BCUT2D eigenvalue weighted by molar-refractivity contribution is 0.0503. The number of β-amino-alcohol motifs (C(OH)–C–C–N with tert-alkyl or cyclic N) is 1. The van der Waals surface area contributed by atoms with E-state index in [0.717, 1.165) is 11.3 Å². The van der Waals surface area contributed by atoms with Crippen molar-refractivity contribution in [3.05, 3.63) is 64.6 Å². The smallest absolute Gasteiger partial charge is 0.407 e. The molecule has 7 heteroatoms. The van der Waals surface area contributed by atoms with Crippen LogP contribution in [-0.2, 0) is 6.54 Å². The maximum Gasteiger partial charge on any atom is 0.407 e. The van der Waals surface area contributed by atoms with Crippen molar-refractivity contribution in [3.63, 3.8) is 0 Å². The molecule has 2 N–H and O–H groups in total. The van der Waals surface area contributed by atoms with Crippen LogP contribution in [0.4, 0.5) is 4.79 Å². The highest BCUT2D eigenvalue weighted by Crippen LogP contribution is 2.27. The molecule has 1 saturated heterocycles. The van der Waals surface area contributed by atoms with Crippen molar-refractivity contribution in [2.24, 2.45) is 0 Å². The highest BCUT2D eigenvalue weighted by molar-refractivity contribution is 5.65. The standard InChI is InChI=1S/C19H22N2O5/c22-17-13-21(19(24)25)9-7-16(17)14-6-8-20(18(23)12-14)10-11-26-15-4-2-1-3-5-15/h1-6,8,12,16-17,22H,7,9-11,13H2,(H,24,25). The molecule has 0 bridgehead atoms. The van der Waals surface area contributed by atoms with Crippen LogP contribution in [0.5, 0.6) is 5.75 Å². The number of hydrogen-bond donors (Lipinski definition) is 2. The third-order valence-electron chi connectivity index (χ3n) is 4.64. The van der Waals surface area contributed by atoms with E-state index < -0.39 is 12.2 Å². The summed E-state index contributed by atoms with van der Waals surface area (Å²) < 4.78 is 7.16. The average molecular weight is 358 g/mol. The Hall–Kier alpha value is -2.80. The van der Waals surface area contributed by atoms with Crippen LogP contribution in [0.1, 0.15) is 17.9 Å². The Morgan fingerprint density at radius 2 is 2.00 bits per heavy atom. The molecule has 7 nitrogen and oxygen atoms in total. The number of ether oxygens (including phenoxy) is 1. The fourth-order valence-corrected chi connectivity index (χ4v) is 3.21. The predicted molar refractivity (Wildman–Crippen MR) is 95.6 cm³/mol. The number of carbonyl (C=O) groups is 1. The van der Waals surface area contributed by atoms with E-state index >= 15 is 0 Å². The van der Waals surface area contributed by atoms with Gasteiger partial charge in [-0.25, -0.2) is 4.79 Å². The topological polar surface area (TPSA) is 92.0 Å². The van der Waals surface area contributed by atoms with Crippen molar-refractivity contribution in [1.29, 1.82) is 0 Å². The number of para-hydroxylation sites is 1. The molecule has 2 atom stereocenters. The van der Waals surface area contributed by atoms with Crippen LogP contribution in [0.25, 0.3) is 0 Å². The molecule has 138 valence electrons. The zero-order valence-corrected chi connectivity index (χ0v) is 14.3. The van der Waals surface area contributed by atoms with Crippen LogP contribution in [0.2, 0.25) is 0 Å². The molecule has 1 fully saturated rings. The van der Waals surface area contributed by atoms with Gasteiger partial charge in [-0.1, -0.05) is 18.2 Å². The fraction of sp³-hybridized carbons (Fsp3) is 0.368. The Labute approximate surface area is 151 Å². The lowest BCUT2D eigenvalue weighted by Crippen LogP contribution is -2.45. The molecule has 2 unspecified atom stereocenters. The van der Waals surface area contributed by atoms with Crippen LogP contribution in [-0.4, -0.2) is 51.6 Å². The SMILES string of the molecule is O=C(O)N1CCC(c2ccn(CCOc3ccccc3)c(=O)c2)C(O)C1. The summed E-state index contributed by atoms with van der Waals surface area (Å²) in [4.78, 5) is 24.5. The number of likely N-dealkylation sites (tertiary alicyclic amines) is 1. The van der Waals surface area contributed by atoms with E-state index in [0.29, 0.717) is 26.1 Å². The number of aliphatic hydroxyl groups excluding tert-OH is 1. The van der Waals surface area contributed by atoms with E-state index in [-0.39, 0.29) is 18.0 Å². The molecule has 0 saturated carbocycles. The van der Waals surface area contributed by atoms with E-state index in [9.17, 15) is 14.7 Å². The number of rotatable bonds is 5. The summed E-state index contributed by atoms with van der Waals surface area (Å²) in [6.45, 7) is 1.22. The van der Waals surface area contributed by atoms with E-state index in [4.69, 9.17) is 9.84 Å². The first-order valence-electron chi connectivity index (χ1n) is 8.59. The molecule has 1 aromatic carbocycles. The first-order valence-corrected chi connectivity index (χ1v) is 8.59. The Kier molecular flexibility index (Phi) is 5.58. The number of pyridine rings is 1. The van der Waals surface area contributed by atoms with Gasteiger partial charge in [0.2, 0.25) is 0 Å². The molecule has 3 rings (SSSR count). The summed E-state index contributed by atoms with van der Waals surface area (Å²) in [5.74, 6) is 0.527. The van der Waals surface area contributed by atoms with Crippen LogP contribution < -0.4 is 10.3 Å². The van der Waals surface area contributed by atoms with Crippen LogP contribution in [0.15, 0.2) is 53.5 Å². The minimum absolute atomic E-state index is 0.0635. The first-order chi connectivity index (χ1) is 12.5. The maximum absolute atomic E-state index is 12.3.